The van der Waals surface area contributed by atoms with E-state index < -0.39 is 0 Å². The maximum atomic E-state index is 6.04. The van der Waals surface area contributed by atoms with Gasteiger partial charge < -0.3 is 14.8 Å². The number of aromatic nitrogens is 2. The number of quaternary nitrogens is 1. The third kappa shape index (κ3) is 1.85. The van der Waals surface area contributed by atoms with Gasteiger partial charge in [-0.3, -0.25) is 4.68 Å². The van der Waals surface area contributed by atoms with Crippen LogP contribution in [0.15, 0.2) is 24.3 Å². The smallest absolute Gasteiger partial charge is 0.153 e. The Morgan fingerprint density at radius 1 is 1.26 bits per heavy atom. The van der Waals surface area contributed by atoms with Crippen molar-refractivity contribution in [3.05, 3.63) is 30.0 Å². The lowest BCUT2D eigenvalue weighted by Gasteiger charge is -2.31. The number of ether oxygens (including phenoxy) is 2. The summed E-state index contributed by atoms with van der Waals surface area (Å²) in [6.07, 6.45) is 0.0847. The summed E-state index contributed by atoms with van der Waals surface area (Å²) in [5, 5.41) is 8.23. The summed E-state index contributed by atoms with van der Waals surface area (Å²) >= 11 is 0. The Morgan fingerprint density at radius 3 is 3.11 bits per heavy atom. The summed E-state index contributed by atoms with van der Waals surface area (Å²) in [5.41, 5.74) is 2.28. The van der Waals surface area contributed by atoms with Crippen molar-refractivity contribution in [1.82, 2.24) is 9.78 Å². The van der Waals surface area contributed by atoms with Crippen molar-refractivity contribution in [2.24, 2.45) is 0 Å². The van der Waals surface area contributed by atoms with E-state index in [1.54, 1.807) is 0 Å². The van der Waals surface area contributed by atoms with E-state index in [1.807, 2.05) is 6.07 Å². The van der Waals surface area contributed by atoms with Crippen molar-refractivity contribution in [2.75, 3.05) is 26.4 Å². The Balaban J connectivity index is 1.80. The van der Waals surface area contributed by atoms with E-state index in [9.17, 15) is 0 Å². The minimum atomic E-state index is 0.0847. The first-order valence-electron chi connectivity index (χ1n) is 6.91. The molecule has 19 heavy (non-hydrogen) atoms. The minimum absolute atomic E-state index is 0.0847. The predicted molar refractivity (Wildman–Crippen MR) is 69.8 cm³/mol. The zero-order valence-electron chi connectivity index (χ0n) is 10.8. The standard InChI is InChI=1S/C14H17N3O2/c1-2-4-11-10(3-1)13-14(12-9-18-7-5-15-12)19-8-6-17(13)16-11/h1-4,12,14-15H,5-9H2/p+1/t12-,14-/m0/s1. The van der Waals surface area contributed by atoms with E-state index >= 15 is 0 Å². The lowest BCUT2D eigenvalue weighted by molar-refractivity contribution is -0.713. The van der Waals surface area contributed by atoms with Crippen LogP contribution in [0.5, 0.6) is 0 Å². The van der Waals surface area contributed by atoms with E-state index in [2.05, 4.69) is 33.3 Å². The highest BCUT2D eigenvalue weighted by molar-refractivity contribution is 5.82. The SMILES string of the molecule is c1ccc2c3n(nc2c1)CCO[C@H]3[C@@H]1COCC[NH2+]1. The van der Waals surface area contributed by atoms with Gasteiger partial charge in [0.25, 0.3) is 0 Å². The molecule has 5 heteroatoms. The number of nitrogens with zero attached hydrogens (tertiary/aromatic N) is 2. The van der Waals surface area contributed by atoms with Crippen molar-refractivity contribution >= 4 is 10.9 Å². The fourth-order valence-corrected chi connectivity index (χ4v) is 3.11. The van der Waals surface area contributed by atoms with Crippen LogP contribution in [0.4, 0.5) is 0 Å². The summed E-state index contributed by atoms with van der Waals surface area (Å²) in [7, 11) is 0. The molecule has 2 aromatic rings. The maximum Gasteiger partial charge on any atom is 0.153 e. The molecule has 0 saturated carbocycles. The van der Waals surface area contributed by atoms with Gasteiger partial charge >= 0.3 is 0 Å². The molecule has 2 atom stereocenters. The van der Waals surface area contributed by atoms with Gasteiger partial charge in [-0.2, -0.15) is 5.10 Å². The van der Waals surface area contributed by atoms with Crippen LogP contribution in [0, 0.1) is 0 Å². The molecule has 1 aromatic carbocycles. The lowest BCUT2D eigenvalue weighted by atomic mass is 10.0. The van der Waals surface area contributed by atoms with Gasteiger partial charge in [0.1, 0.15) is 12.6 Å². The highest BCUT2D eigenvalue weighted by Crippen LogP contribution is 2.31. The molecule has 0 spiro atoms. The van der Waals surface area contributed by atoms with E-state index in [-0.39, 0.29) is 6.10 Å². The first kappa shape index (κ1) is 11.4. The molecule has 4 rings (SSSR count). The Hall–Kier alpha value is -1.43. The van der Waals surface area contributed by atoms with Crippen LogP contribution < -0.4 is 5.32 Å². The van der Waals surface area contributed by atoms with Crippen molar-refractivity contribution in [1.29, 1.82) is 0 Å². The molecular formula is C14H18N3O2+. The Kier molecular flexibility index (Phi) is 2.76. The van der Waals surface area contributed by atoms with Crippen LogP contribution in [-0.2, 0) is 16.0 Å². The van der Waals surface area contributed by atoms with E-state index in [1.165, 1.54) is 11.1 Å². The molecular weight excluding hydrogens is 242 g/mol. The summed E-state index contributed by atoms with van der Waals surface area (Å²) < 4.78 is 13.7. The average Bonchev–Trinajstić information content (AvgIpc) is 2.86. The molecule has 1 aromatic heterocycles. The molecule has 0 radical (unpaired) electrons. The Bertz CT molecular complexity index is 589. The minimum Gasteiger partial charge on any atom is -0.369 e. The second-order valence-corrected chi connectivity index (χ2v) is 5.18. The molecule has 3 heterocycles. The van der Waals surface area contributed by atoms with Gasteiger partial charge in [-0.25, -0.2) is 0 Å². The number of fused-ring (bicyclic) bond motifs is 3. The van der Waals surface area contributed by atoms with Crippen LogP contribution in [-0.4, -0.2) is 42.2 Å². The third-order valence-electron chi connectivity index (χ3n) is 3.99. The fourth-order valence-electron chi connectivity index (χ4n) is 3.11. The highest BCUT2D eigenvalue weighted by atomic mass is 16.5. The first-order valence-corrected chi connectivity index (χ1v) is 6.91. The van der Waals surface area contributed by atoms with E-state index in [4.69, 9.17) is 9.47 Å². The Morgan fingerprint density at radius 2 is 2.21 bits per heavy atom. The molecule has 0 aliphatic carbocycles. The number of morpholine rings is 1. The normalized spacial score (nSPS) is 27.4. The molecule has 100 valence electrons. The number of benzene rings is 1. The Labute approximate surface area is 111 Å². The predicted octanol–water partition coefficient (Wildman–Crippen LogP) is 0.0698. The maximum absolute atomic E-state index is 6.04. The van der Waals surface area contributed by atoms with Crippen LogP contribution >= 0.6 is 0 Å². The number of rotatable bonds is 1. The quantitative estimate of drug-likeness (QED) is 0.789. The number of nitrogens with two attached hydrogens (primary N) is 1. The molecule has 0 bridgehead atoms. The summed E-state index contributed by atoms with van der Waals surface area (Å²) in [5.74, 6) is 0. The molecule has 1 saturated heterocycles. The summed E-state index contributed by atoms with van der Waals surface area (Å²) in [6, 6.07) is 8.65. The summed E-state index contributed by atoms with van der Waals surface area (Å²) in [6.45, 7) is 4.17. The van der Waals surface area contributed by atoms with Gasteiger partial charge in [0, 0.05) is 5.39 Å². The molecule has 0 unspecified atom stereocenters. The van der Waals surface area contributed by atoms with Gasteiger partial charge in [0.05, 0.1) is 37.5 Å². The van der Waals surface area contributed by atoms with Crippen molar-refractivity contribution in [3.63, 3.8) is 0 Å². The molecule has 2 aliphatic rings. The zero-order valence-corrected chi connectivity index (χ0v) is 10.8. The molecule has 2 N–H and O–H groups in total. The van der Waals surface area contributed by atoms with Gasteiger partial charge in [-0.05, 0) is 6.07 Å². The van der Waals surface area contributed by atoms with Gasteiger partial charge in [-0.1, -0.05) is 18.2 Å². The van der Waals surface area contributed by atoms with Gasteiger partial charge in [0.2, 0.25) is 0 Å². The van der Waals surface area contributed by atoms with Crippen LogP contribution in [0.1, 0.15) is 11.8 Å². The van der Waals surface area contributed by atoms with Crippen molar-refractivity contribution < 1.29 is 14.8 Å². The lowest BCUT2D eigenvalue weighted by Crippen LogP contribution is -2.95. The fraction of sp³-hybridized carbons (Fsp3) is 0.500. The highest BCUT2D eigenvalue weighted by Gasteiger charge is 2.35. The molecule has 5 nitrogen and oxygen atoms in total. The van der Waals surface area contributed by atoms with Crippen LogP contribution in [0.25, 0.3) is 10.9 Å². The largest absolute Gasteiger partial charge is 0.369 e. The van der Waals surface area contributed by atoms with E-state index in [0.29, 0.717) is 6.04 Å². The van der Waals surface area contributed by atoms with Crippen molar-refractivity contribution in [3.8, 4) is 0 Å². The first-order chi connectivity index (χ1) is 9.43. The van der Waals surface area contributed by atoms with E-state index in [0.717, 1.165) is 38.4 Å². The molecule has 1 fully saturated rings. The van der Waals surface area contributed by atoms with Crippen LogP contribution in [0.3, 0.4) is 0 Å². The van der Waals surface area contributed by atoms with Gasteiger partial charge in [-0.15, -0.1) is 0 Å². The average molecular weight is 260 g/mol. The van der Waals surface area contributed by atoms with Crippen molar-refractivity contribution in [2.45, 2.75) is 18.7 Å². The van der Waals surface area contributed by atoms with Crippen LogP contribution in [0.2, 0.25) is 0 Å². The van der Waals surface area contributed by atoms with Gasteiger partial charge in [0.15, 0.2) is 6.10 Å². The third-order valence-corrected chi connectivity index (χ3v) is 3.99. The summed E-state index contributed by atoms with van der Waals surface area (Å²) in [4.78, 5) is 0. The topological polar surface area (TPSA) is 52.9 Å². The second-order valence-electron chi connectivity index (χ2n) is 5.18. The zero-order chi connectivity index (χ0) is 12.7. The number of hydrogen-bond donors (Lipinski definition) is 1. The monoisotopic (exact) mass is 260 g/mol. The number of hydrogen-bond acceptors (Lipinski definition) is 3. The molecule has 0 amide bonds. The second kappa shape index (κ2) is 4.59. The molecule has 2 aliphatic heterocycles.